The number of hydrogen-bond acceptors (Lipinski definition) is 8. The minimum Gasteiger partial charge on any atom is -0.508 e. The molecule has 1 aliphatic rings. The second kappa shape index (κ2) is 9.74. The van der Waals surface area contributed by atoms with Crippen molar-refractivity contribution in [3.63, 3.8) is 0 Å². The minimum atomic E-state index is -3.56. The molecule has 0 aliphatic carbocycles. The van der Waals surface area contributed by atoms with Gasteiger partial charge in [0.25, 0.3) is 0 Å². The van der Waals surface area contributed by atoms with Gasteiger partial charge in [-0.1, -0.05) is 6.07 Å². The zero-order chi connectivity index (χ0) is 23.4. The van der Waals surface area contributed by atoms with Crippen molar-refractivity contribution in [3.05, 3.63) is 60.3 Å². The van der Waals surface area contributed by atoms with E-state index in [1.54, 1.807) is 36.5 Å². The lowest BCUT2D eigenvalue weighted by Gasteiger charge is -2.30. The number of fused-ring (bicyclic) bond motifs is 1. The van der Waals surface area contributed by atoms with E-state index in [0.29, 0.717) is 30.5 Å². The largest absolute Gasteiger partial charge is 0.508 e. The molecule has 1 aliphatic heterocycles. The van der Waals surface area contributed by atoms with E-state index in [1.165, 1.54) is 0 Å². The molecular weight excluding hydrogens is 440 g/mol. The number of rotatable bonds is 8. The fraction of sp³-hybridized carbons (Fsp3) is 0.304. The predicted octanol–water partition coefficient (Wildman–Crippen LogP) is 2.85. The average Bonchev–Trinajstić information content (AvgIpc) is 2.79. The van der Waals surface area contributed by atoms with Gasteiger partial charge in [-0.2, -0.15) is 4.98 Å². The van der Waals surface area contributed by atoms with Crippen LogP contribution in [0.15, 0.2) is 59.6 Å². The zero-order valence-corrected chi connectivity index (χ0v) is 19.5. The second-order valence-corrected chi connectivity index (χ2v) is 9.89. The maximum absolute atomic E-state index is 12.4. The first-order chi connectivity index (χ1) is 15.8. The number of hydrogen-bond donors (Lipinski definition) is 3. The van der Waals surface area contributed by atoms with E-state index in [-0.39, 0.29) is 4.90 Å². The number of nitrogens with zero attached hydrogens (tertiary/aromatic N) is 4. The molecule has 4 rings (SSSR count). The summed E-state index contributed by atoms with van der Waals surface area (Å²) in [5, 5.41) is 13.3. The van der Waals surface area contributed by atoms with Gasteiger partial charge in [-0.3, -0.25) is 0 Å². The van der Waals surface area contributed by atoms with Crippen LogP contribution in [0, 0.1) is 0 Å². The molecule has 10 heteroatoms. The Labute approximate surface area is 194 Å². The van der Waals surface area contributed by atoms with Crippen LogP contribution in [-0.2, 0) is 16.4 Å². The van der Waals surface area contributed by atoms with Crippen molar-refractivity contribution >= 4 is 33.2 Å². The Morgan fingerprint density at radius 1 is 1.12 bits per heavy atom. The molecule has 0 saturated carbocycles. The van der Waals surface area contributed by atoms with E-state index in [4.69, 9.17) is 0 Å². The molecule has 1 aromatic heterocycles. The Kier molecular flexibility index (Phi) is 6.77. The Bertz CT molecular complexity index is 1220. The molecule has 3 aromatic rings. The van der Waals surface area contributed by atoms with Crippen LogP contribution in [0.2, 0.25) is 0 Å². The van der Waals surface area contributed by atoms with Crippen molar-refractivity contribution in [2.24, 2.45) is 0 Å². The molecule has 2 heterocycles. The summed E-state index contributed by atoms with van der Waals surface area (Å²) in [7, 11) is 0.216. The molecule has 3 N–H and O–H groups in total. The van der Waals surface area contributed by atoms with E-state index >= 15 is 0 Å². The molecule has 0 amide bonds. The molecule has 174 valence electrons. The topological polar surface area (TPSA) is 111 Å². The van der Waals surface area contributed by atoms with E-state index in [2.05, 4.69) is 24.9 Å². The maximum Gasteiger partial charge on any atom is 0.240 e. The van der Waals surface area contributed by atoms with E-state index in [0.717, 1.165) is 36.5 Å². The van der Waals surface area contributed by atoms with Gasteiger partial charge in [0.1, 0.15) is 11.6 Å². The van der Waals surface area contributed by atoms with Crippen LogP contribution in [0.3, 0.4) is 0 Å². The van der Waals surface area contributed by atoms with Gasteiger partial charge < -0.3 is 20.2 Å². The maximum atomic E-state index is 12.4. The predicted molar refractivity (Wildman–Crippen MR) is 129 cm³/mol. The summed E-state index contributed by atoms with van der Waals surface area (Å²) < 4.78 is 27.5. The SMILES string of the molecule is CN(C)CCNS(=O)(=O)c1ccc(Nc2nccc(N3CCCc4c(O)cccc43)n2)cc1. The van der Waals surface area contributed by atoms with E-state index < -0.39 is 10.0 Å². The van der Waals surface area contributed by atoms with Gasteiger partial charge in [-0.05, 0) is 69.4 Å². The van der Waals surface area contributed by atoms with Gasteiger partial charge in [-0.25, -0.2) is 18.1 Å². The number of benzene rings is 2. The zero-order valence-electron chi connectivity index (χ0n) is 18.7. The van der Waals surface area contributed by atoms with Gasteiger partial charge in [0.05, 0.1) is 4.90 Å². The summed E-state index contributed by atoms with van der Waals surface area (Å²) in [4.78, 5) is 13.1. The molecule has 9 nitrogen and oxygen atoms in total. The lowest BCUT2D eigenvalue weighted by molar-refractivity contribution is 0.412. The molecule has 0 unspecified atom stereocenters. The molecule has 0 radical (unpaired) electrons. The highest BCUT2D eigenvalue weighted by molar-refractivity contribution is 7.89. The molecule has 0 bridgehead atoms. The Balaban J connectivity index is 1.48. The van der Waals surface area contributed by atoms with E-state index in [9.17, 15) is 13.5 Å². The molecule has 0 fully saturated rings. The third kappa shape index (κ3) is 5.41. The summed E-state index contributed by atoms with van der Waals surface area (Å²) in [6, 6.07) is 13.8. The van der Waals surface area contributed by atoms with Gasteiger partial charge in [-0.15, -0.1) is 0 Å². The van der Waals surface area contributed by atoms with Crippen molar-refractivity contribution in [2.75, 3.05) is 43.9 Å². The van der Waals surface area contributed by atoms with Gasteiger partial charge in [0.2, 0.25) is 16.0 Å². The first-order valence-electron chi connectivity index (χ1n) is 10.8. The fourth-order valence-corrected chi connectivity index (χ4v) is 4.76. The number of anilines is 4. The number of phenolic OH excluding ortho intramolecular Hbond substituents is 1. The second-order valence-electron chi connectivity index (χ2n) is 8.12. The number of aromatic hydroxyl groups is 1. The quantitative estimate of drug-likeness (QED) is 0.463. The van der Waals surface area contributed by atoms with Crippen LogP contribution in [0.4, 0.5) is 23.1 Å². The number of likely N-dealkylation sites (N-methyl/N-ethyl adjacent to an activating group) is 1. The molecule has 0 saturated heterocycles. The van der Waals surface area contributed by atoms with Crippen LogP contribution in [0.25, 0.3) is 0 Å². The Hall–Kier alpha value is -3.21. The molecular formula is C23H28N6O3S. The number of phenols is 1. The van der Waals surface area contributed by atoms with Crippen molar-refractivity contribution in [1.29, 1.82) is 0 Å². The van der Waals surface area contributed by atoms with Gasteiger partial charge >= 0.3 is 0 Å². The summed E-state index contributed by atoms with van der Waals surface area (Å²) in [6.45, 7) is 1.75. The van der Waals surface area contributed by atoms with Crippen molar-refractivity contribution in [2.45, 2.75) is 17.7 Å². The highest BCUT2D eigenvalue weighted by Crippen LogP contribution is 2.37. The Morgan fingerprint density at radius 2 is 1.91 bits per heavy atom. The van der Waals surface area contributed by atoms with Crippen LogP contribution in [-0.4, -0.2) is 62.1 Å². The fourth-order valence-electron chi connectivity index (χ4n) is 3.74. The lowest BCUT2D eigenvalue weighted by atomic mass is 10.0. The number of sulfonamides is 1. The summed E-state index contributed by atoms with van der Waals surface area (Å²) in [5.41, 5.74) is 2.55. The van der Waals surface area contributed by atoms with E-state index in [1.807, 2.05) is 37.2 Å². The monoisotopic (exact) mass is 468 g/mol. The smallest absolute Gasteiger partial charge is 0.240 e. The molecule has 0 spiro atoms. The minimum absolute atomic E-state index is 0.200. The molecule has 2 aromatic carbocycles. The third-order valence-electron chi connectivity index (χ3n) is 5.42. The Morgan fingerprint density at radius 3 is 2.67 bits per heavy atom. The number of nitrogens with one attached hydrogen (secondary N) is 2. The van der Waals surface area contributed by atoms with Crippen LogP contribution >= 0.6 is 0 Å². The highest BCUT2D eigenvalue weighted by Gasteiger charge is 2.22. The standard InChI is InChI=1S/C23H28N6O3S/c1-28(2)16-14-25-33(31,32)18-10-8-17(9-11-18)26-23-24-13-12-22(27-23)29-15-4-5-19-20(29)6-3-7-21(19)30/h3,6-13,25,30H,4-5,14-16H2,1-2H3,(H,24,26,27). The van der Waals surface area contributed by atoms with Crippen LogP contribution in [0.5, 0.6) is 5.75 Å². The molecule has 0 atom stereocenters. The van der Waals surface area contributed by atoms with Crippen LogP contribution < -0.4 is 14.9 Å². The highest BCUT2D eigenvalue weighted by atomic mass is 32.2. The van der Waals surface area contributed by atoms with Gasteiger partial charge in [0.15, 0.2) is 0 Å². The molecule has 33 heavy (non-hydrogen) atoms. The van der Waals surface area contributed by atoms with Crippen molar-refractivity contribution in [1.82, 2.24) is 19.6 Å². The third-order valence-corrected chi connectivity index (χ3v) is 6.89. The van der Waals surface area contributed by atoms with Crippen molar-refractivity contribution < 1.29 is 13.5 Å². The summed E-state index contributed by atoms with van der Waals surface area (Å²) >= 11 is 0. The van der Waals surface area contributed by atoms with Crippen molar-refractivity contribution in [3.8, 4) is 5.75 Å². The first kappa shape index (κ1) is 23.0. The first-order valence-corrected chi connectivity index (χ1v) is 12.2. The lowest BCUT2D eigenvalue weighted by Crippen LogP contribution is -2.31. The average molecular weight is 469 g/mol. The summed E-state index contributed by atoms with van der Waals surface area (Å²) in [5.74, 6) is 1.43. The van der Waals surface area contributed by atoms with Crippen LogP contribution in [0.1, 0.15) is 12.0 Å². The summed E-state index contributed by atoms with van der Waals surface area (Å²) in [6.07, 6.45) is 3.42. The normalized spacial score (nSPS) is 13.7. The number of aromatic nitrogens is 2. The van der Waals surface area contributed by atoms with Gasteiger partial charge in [0, 0.05) is 42.8 Å².